The molecule has 38 heavy (non-hydrogen) atoms. The van der Waals surface area contributed by atoms with Gasteiger partial charge in [0.1, 0.15) is 0 Å². The molecule has 0 amide bonds. The van der Waals surface area contributed by atoms with Crippen molar-refractivity contribution in [2.45, 2.75) is 39.5 Å². The summed E-state index contributed by atoms with van der Waals surface area (Å²) < 4.78 is 16.6. The molecule has 0 saturated carbocycles. The minimum Gasteiger partial charge on any atom is -0.493 e. The first-order chi connectivity index (χ1) is 18.1. The molecule has 1 aliphatic heterocycles. The molecule has 198 valence electrons. The Labute approximate surface area is 227 Å². The highest BCUT2D eigenvalue weighted by atomic mass is 32.2. The van der Waals surface area contributed by atoms with Crippen LogP contribution in [0.2, 0.25) is 0 Å². The average Bonchev–Trinajstić information content (AvgIpc) is 2.89. The summed E-state index contributed by atoms with van der Waals surface area (Å²) in [5.41, 5.74) is 3.89. The molecule has 1 atom stereocenters. The van der Waals surface area contributed by atoms with Gasteiger partial charge in [-0.1, -0.05) is 55.4 Å². The molecular weight excluding hydrogens is 500 g/mol. The van der Waals surface area contributed by atoms with Crippen molar-refractivity contribution in [1.29, 1.82) is 5.26 Å². The Morgan fingerprint density at radius 2 is 1.71 bits per heavy atom. The van der Waals surface area contributed by atoms with E-state index in [0.29, 0.717) is 57.4 Å². The number of thioether (sulfide) groups is 1. The van der Waals surface area contributed by atoms with Crippen molar-refractivity contribution in [2.75, 3.05) is 27.1 Å². The maximum absolute atomic E-state index is 13.5. The average molecular weight is 533 g/mol. The summed E-state index contributed by atoms with van der Waals surface area (Å²) in [4.78, 5) is 26.5. The van der Waals surface area contributed by atoms with Gasteiger partial charge >= 0.3 is 0 Å². The van der Waals surface area contributed by atoms with Gasteiger partial charge in [0.05, 0.1) is 49.7 Å². The molecule has 0 spiro atoms. The fourth-order valence-electron chi connectivity index (χ4n) is 5.05. The lowest BCUT2D eigenvalue weighted by atomic mass is 9.69. The largest absolute Gasteiger partial charge is 0.493 e. The summed E-state index contributed by atoms with van der Waals surface area (Å²) in [6, 6.07) is 13.3. The molecule has 0 bridgehead atoms. The standard InChI is InChI=1S/C30H32N2O5S/c1-17-7-9-18(10-8-17)23(34)16-38-29-20(15-31)26(27-21(32-29)13-30(2,3)14-22(27)33)19-11-24(35-4)28(37-6)25(12-19)36-5/h7-12,26,32H,13-14,16H2,1-6H3. The number of carbonyl (C=O) groups excluding carboxylic acids is 2. The van der Waals surface area contributed by atoms with Gasteiger partial charge in [-0.25, -0.2) is 0 Å². The van der Waals surface area contributed by atoms with Crippen molar-refractivity contribution in [3.63, 3.8) is 0 Å². The maximum Gasteiger partial charge on any atom is 0.203 e. The molecule has 1 aliphatic carbocycles. The lowest BCUT2D eigenvalue weighted by Crippen LogP contribution is -2.37. The lowest BCUT2D eigenvalue weighted by Gasteiger charge is -2.39. The van der Waals surface area contributed by atoms with E-state index >= 15 is 0 Å². The van der Waals surface area contributed by atoms with Crippen molar-refractivity contribution >= 4 is 23.3 Å². The van der Waals surface area contributed by atoms with Gasteiger partial charge in [-0.3, -0.25) is 9.59 Å². The van der Waals surface area contributed by atoms with Crippen LogP contribution in [0.15, 0.2) is 58.3 Å². The Hall–Kier alpha value is -3.70. The van der Waals surface area contributed by atoms with E-state index in [4.69, 9.17) is 14.2 Å². The number of carbonyl (C=O) groups is 2. The lowest BCUT2D eigenvalue weighted by molar-refractivity contribution is -0.118. The number of ketones is 2. The first-order valence-corrected chi connectivity index (χ1v) is 13.3. The van der Waals surface area contributed by atoms with Gasteiger partial charge in [0.15, 0.2) is 23.1 Å². The van der Waals surface area contributed by atoms with Gasteiger partial charge in [0, 0.05) is 23.3 Å². The number of nitrogens with one attached hydrogen (secondary N) is 1. The number of dihydropyridines is 1. The zero-order chi connectivity index (χ0) is 27.6. The molecule has 2 aromatic rings. The molecule has 0 aromatic heterocycles. The number of benzene rings is 2. The Bertz CT molecular complexity index is 1360. The Morgan fingerprint density at radius 3 is 2.26 bits per heavy atom. The van der Waals surface area contributed by atoms with E-state index in [1.165, 1.54) is 33.1 Å². The summed E-state index contributed by atoms with van der Waals surface area (Å²) in [7, 11) is 4.58. The van der Waals surface area contributed by atoms with Gasteiger partial charge in [0.2, 0.25) is 5.75 Å². The van der Waals surface area contributed by atoms with Gasteiger partial charge in [0.25, 0.3) is 0 Å². The van der Waals surface area contributed by atoms with Crippen LogP contribution in [0.4, 0.5) is 0 Å². The molecule has 1 heterocycles. The van der Waals surface area contributed by atoms with E-state index in [1.807, 2.05) is 31.2 Å². The van der Waals surface area contributed by atoms with E-state index in [-0.39, 0.29) is 22.7 Å². The predicted octanol–water partition coefficient (Wildman–Crippen LogP) is 5.70. The fraction of sp³-hybridized carbons (Fsp3) is 0.367. The monoisotopic (exact) mass is 532 g/mol. The molecular formula is C30H32N2O5S. The number of ether oxygens (including phenoxy) is 3. The second kappa shape index (κ2) is 11.0. The topological polar surface area (TPSA) is 97.7 Å². The zero-order valence-corrected chi connectivity index (χ0v) is 23.4. The van der Waals surface area contributed by atoms with Crippen LogP contribution in [0.3, 0.4) is 0 Å². The van der Waals surface area contributed by atoms with E-state index in [2.05, 4.69) is 25.2 Å². The third-order valence-electron chi connectivity index (χ3n) is 6.87. The van der Waals surface area contributed by atoms with E-state index in [9.17, 15) is 14.9 Å². The third-order valence-corrected chi connectivity index (χ3v) is 7.89. The van der Waals surface area contributed by atoms with E-state index < -0.39 is 5.92 Å². The molecule has 2 aromatic carbocycles. The molecule has 0 radical (unpaired) electrons. The Balaban J connectivity index is 1.81. The Kier molecular flexibility index (Phi) is 7.89. The Morgan fingerprint density at radius 1 is 1.08 bits per heavy atom. The molecule has 0 saturated heterocycles. The van der Waals surface area contributed by atoms with E-state index in [1.54, 1.807) is 12.1 Å². The van der Waals surface area contributed by atoms with E-state index in [0.717, 1.165) is 11.3 Å². The van der Waals surface area contributed by atoms with Gasteiger partial charge in [-0.15, -0.1) is 0 Å². The number of nitriles is 1. The first kappa shape index (κ1) is 27.3. The highest BCUT2D eigenvalue weighted by Crippen LogP contribution is 2.50. The summed E-state index contributed by atoms with van der Waals surface area (Å²) in [6.45, 7) is 6.09. The van der Waals surface area contributed by atoms with Crippen LogP contribution in [-0.4, -0.2) is 38.6 Å². The fourth-order valence-corrected chi connectivity index (χ4v) is 6.01. The van der Waals surface area contributed by atoms with Crippen molar-refractivity contribution in [3.8, 4) is 23.3 Å². The quantitative estimate of drug-likeness (QED) is 0.432. The number of allylic oxidation sites excluding steroid dienone is 3. The summed E-state index contributed by atoms with van der Waals surface area (Å²) >= 11 is 1.28. The molecule has 0 fully saturated rings. The predicted molar refractivity (Wildman–Crippen MR) is 148 cm³/mol. The zero-order valence-electron chi connectivity index (χ0n) is 22.6. The summed E-state index contributed by atoms with van der Waals surface area (Å²) in [5.74, 6) is 0.780. The summed E-state index contributed by atoms with van der Waals surface area (Å²) in [6.07, 6.45) is 1.02. The minimum atomic E-state index is -0.634. The second-order valence-electron chi connectivity index (χ2n) is 10.3. The van der Waals surface area contributed by atoms with Crippen molar-refractivity contribution in [2.24, 2.45) is 5.41 Å². The van der Waals surface area contributed by atoms with Crippen LogP contribution < -0.4 is 19.5 Å². The van der Waals surface area contributed by atoms with Crippen molar-refractivity contribution in [1.82, 2.24) is 5.32 Å². The van der Waals surface area contributed by atoms with Crippen molar-refractivity contribution < 1.29 is 23.8 Å². The molecule has 4 rings (SSSR count). The third kappa shape index (κ3) is 5.30. The number of rotatable bonds is 8. The number of methoxy groups -OCH3 is 3. The minimum absolute atomic E-state index is 0.00460. The molecule has 1 unspecified atom stereocenters. The normalized spacial score (nSPS) is 18.3. The van der Waals surface area contributed by atoms with Crippen LogP contribution in [0, 0.1) is 23.7 Å². The number of hydrogen-bond donors (Lipinski definition) is 1. The molecule has 2 aliphatic rings. The number of nitrogens with zero attached hydrogens (tertiary/aromatic N) is 1. The SMILES string of the molecule is COc1cc(C2C(C#N)=C(SCC(=O)c3ccc(C)cc3)NC3=C2C(=O)CC(C)(C)C3)cc(OC)c1OC. The smallest absolute Gasteiger partial charge is 0.203 e. The van der Waals surface area contributed by atoms with Crippen molar-refractivity contribution in [3.05, 3.63) is 75.0 Å². The number of hydrogen-bond acceptors (Lipinski definition) is 8. The van der Waals surface area contributed by atoms with Crippen LogP contribution >= 0.6 is 11.8 Å². The van der Waals surface area contributed by atoms with Gasteiger partial charge in [-0.05, 0) is 36.5 Å². The maximum atomic E-state index is 13.5. The summed E-state index contributed by atoms with van der Waals surface area (Å²) in [5, 5.41) is 14.3. The van der Waals surface area contributed by atoms with Gasteiger partial charge < -0.3 is 19.5 Å². The highest BCUT2D eigenvalue weighted by Gasteiger charge is 2.42. The van der Waals surface area contributed by atoms with Crippen LogP contribution in [0.25, 0.3) is 0 Å². The first-order valence-electron chi connectivity index (χ1n) is 12.3. The molecule has 7 nitrogen and oxygen atoms in total. The highest BCUT2D eigenvalue weighted by molar-refractivity contribution is 8.03. The van der Waals surface area contributed by atoms with Gasteiger partial charge in [-0.2, -0.15) is 5.26 Å². The number of Topliss-reactive ketones (excluding diaryl/α,β-unsaturated/α-hetero) is 2. The molecule has 8 heteroatoms. The van der Waals surface area contributed by atoms with Crippen LogP contribution in [-0.2, 0) is 4.79 Å². The van der Waals surface area contributed by atoms with Crippen LogP contribution in [0.1, 0.15) is 54.1 Å². The number of aryl methyl sites for hydroxylation is 1. The van der Waals surface area contributed by atoms with Crippen LogP contribution in [0.5, 0.6) is 17.2 Å². The molecule has 1 N–H and O–H groups in total. The second-order valence-corrected chi connectivity index (χ2v) is 11.3.